The zero-order chi connectivity index (χ0) is 30.9. The van der Waals surface area contributed by atoms with E-state index in [-0.39, 0.29) is 0 Å². The van der Waals surface area contributed by atoms with Crippen molar-refractivity contribution < 1.29 is 0 Å². The Morgan fingerprint density at radius 2 is 1.02 bits per heavy atom. The molecule has 0 unspecified atom stereocenters. The number of anilines is 3. The van der Waals surface area contributed by atoms with E-state index in [2.05, 4.69) is 174 Å². The molecule has 3 heteroatoms. The predicted molar refractivity (Wildman–Crippen MR) is 204 cm³/mol. The van der Waals surface area contributed by atoms with Crippen molar-refractivity contribution in [3.05, 3.63) is 164 Å². The van der Waals surface area contributed by atoms with Crippen LogP contribution < -0.4 is 4.90 Å². The van der Waals surface area contributed by atoms with Gasteiger partial charge in [-0.05, 0) is 81.7 Å². The van der Waals surface area contributed by atoms with E-state index >= 15 is 0 Å². The van der Waals surface area contributed by atoms with Crippen molar-refractivity contribution in [2.45, 2.75) is 0 Å². The van der Waals surface area contributed by atoms with Gasteiger partial charge in [0.1, 0.15) is 0 Å². The molecule has 0 atom stereocenters. The van der Waals surface area contributed by atoms with Crippen LogP contribution in [-0.2, 0) is 0 Å². The molecule has 10 aromatic rings. The monoisotopic (exact) mass is 616 g/mol. The van der Waals surface area contributed by atoms with Gasteiger partial charge in [0.2, 0.25) is 0 Å². The minimum atomic E-state index is 1.12. The second kappa shape index (κ2) is 10.3. The molecule has 0 aliphatic carbocycles. The Hall–Kier alpha value is -5.90. The van der Waals surface area contributed by atoms with Crippen LogP contribution in [0.1, 0.15) is 0 Å². The molecule has 0 spiro atoms. The van der Waals surface area contributed by atoms with Gasteiger partial charge in [-0.3, -0.25) is 0 Å². The Kier molecular flexibility index (Phi) is 5.78. The first kappa shape index (κ1) is 26.3. The summed E-state index contributed by atoms with van der Waals surface area (Å²) >= 11 is 1.87. The Morgan fingerprint density at radius 1 is 0.404 bits per heavy atom. The van der Waals surface area contributed by atoms with Crippen LogP contribution in [0, 0.1) is 0 Å². The lowest BCUT2D eigenvalue weighted by atomic mass is 9.98. The number of thiophene rings is 1. The zero-order valence-electron chi connectivity index (χ0n) is 25.4. The van der Waals surface area contributed by atoms with Crippen molar-refractivity contribution in [3.8, 4) is 11.1 Å². The van der Waals surface area contributed by atoms with Crippen molar-refractivity contribution in [2.75, 3.05) is 4.90 Å². The molecule has 0 saturated carbocycles. The van der Waals surface area contributed by atoms with E-state index in [0.29, 0.717) is 0 Å². The summed E-state index contributed by atoms with van der Waals surface area (Å²) in [4.78, 5) is 6.22. The van der Waals surface area contributed by atoms with Gasteiger partial charge in [-0.2, -0.15) is 0 Å². The fourth-order valence-electron chi connectivity index (χ4n) is 7.26. The van der Waals surface area contributed by atoms with Gasteiger partial charge in [0, 0.05) is 59.1 Å². The Labute approximate surface area is 275 Å². The number of benzene rings is 8. The molecular weight excluding hydrogens is 589 g/mol. The number of aromatic nitrogens is 1. The second-order valence-electron chi connectivity index (χ2n) is 12.3. The smallest absolute Gasteiger partial charge is 0.0546 e. The number of rotatable bonds is 4. The van der Waals surface area contributed by atoms with E-state index in [1.54, 1.807) is 0 Å². The van der Waals surface area contributed by atoms with Crippen molar-refractivity contribution in [3.63, 3.8) is 0 Å². The van der Waals surface area contributed by atoms with E-state index in [0.717, 1.165) is 28.1 Å². The third kappa shape index (κ3) is 4.25. The highest BCUT2D eigenvalue weighted by molar-refractivity contribution is 7.25. The lowest BCUT2D eigenvalue weighted by Crippen LogP contribution is -2.10. The van der Waals surface area contributed by atoms with Crippen molar-refractivity contribution in [1.82, 2.24) is 4.98 Å². The van der Waals surface area contributed by atoms with Crippen LogP contribution >= 0.6 is 11.3 Å². The molecule has 2 aromatic heterocycles. The van der Waals surface area contributed by atoms with Crippen LogP contribution in [0.3, 0.4) is 0 Å². The van der Waals surface area contributed by atoms with Gasteiger partial charge >= 0.3 is 0 Å². The topological polar surface area (TPSA) is 19.0 Å². The lowest BCUT2D eigenvalue weighted by Gasteiger charge is -2.27. The molecule has 0 amide bonds. The minimum absolute atomic E-state index is 1.12. The van der Waals surface area contributed by atoms with E-state index in [1.165, 1.54) is 63.6 Å². The van der Waals surface area contributed by atoms with E-state index in [4.69, 9.17) is 0 Å². The number of nitrogens with zero attached hydrogens (tertiary/aromatic N) is 1. The highest BCUT2D eigenvalue weighted by atomic mass is 32.1. The van der Waals surface area contributed by atoms with Gasteiger partial charge in [0.25, 0.3) is 0 Å². The van der Waals surface area contributed by atoms with Gasteiger partial charge in [-0.25, -0.2) is 0 Å². The van der Waals surface area contributed by atoms with Gasteiger partial charge in [0.15, 0.2) is 0 Å². The number of fused-ring (bicyclic) bond motifs is 8. The third-order valence-corrected chi connectivity index (χ3v) is 10.7. The SMILES string of the molecule is c1ccc2cc(N(c3ccc4ccccc4c3)c3cc(-c4ccc5c(c4)sc4ccccc45)c4[nH]c5ccccc5c4c3)ccc2c1. The van der Waals surface area contributed by atoms with Crippen LogP contribution in [0.15, 0.2) is 164 Å². The maximum Gasteiger partial charge on any atom is 0.0546 e. The number of H-pyrrole nitrogens is 1. The second-order valence-corrected chi connectivity index (χ2v) is 13.4. The van der Waals surface area contributed by atoms with Crippen molar-refractivity contribution in [1.29, 1.82) is 0 Å². The summed E-state index contributed by atoms with van der Waals surface area (Å²) in [5.74, 6) is 0. The van der Waals surface area contributed by atoms with Gasteiger partial charge in [-0.15, -0.1) is 11.3 Å². The zero-order valence-corrected chi connectivity index (χ0v) is 26.3. The number of hydrogen-bond donors (Lipinski definition) is 1. The average Bonchev–Trinajstić information content (AvgIpc) is 3.69. The predicted octanol–water partition coefficient (Wildman–Crippen LogP) is 13.1. The molecule has 2 nitrogen and oxygen atoms in total. The van der Waals surface area contributed by atoms with Gasteiger partial charge in [-0.1, -0.05) is 109 Å². The van der Waals surface area contributed by atoms with Crippen LogP contribution in [0.5, 0.6) is 0 Å². The summed E-state index contributed by atoms with van der Waals surface area (Å²) < 4.78 is 2.63. The first-order valence-electron chi connectivity index (χ1n) is 16.0. The summed E-state index contributed by atoms with van der Waals surface area (Å²) in [6.07, 6.45) is 0. The molecule has 220 valence electrons. The number of nitrogens with one attached hydrogen (secondary N) is 1. The molecule has 0 aliphatic heterocycles. The average molecular weight is 617 g/mol. The fraction of sp³-hybridized carbons (Fsp3) is 0. The van der Waals surface area contributed by atoms with Crippen LogP contribution in [0.4, 0.5) is 17.1 Å². The Bertz CT molecular complexity index is 2740. The molecule has 1 N–H and O–H groups in total. The highest BCUT2D eigenvalue weighted by Crippen LogP contribution is 2.44. The molecule has 0 saturated heterocycles. The lowest BCUT2D eigenvalue weighted by molar-refractivity contribution is 1.30. The summed E-state index contributed by atoms with van der Waals surface area (Å²) in [5, 5.41) is 9.99. The summed E-state index contributed by atoms with van der Waals surface area (Å²) in [6.45, 7) is 0. The van der Waals surface area contributed by atoms with E-state index < -0.39 is 0 Å². The number of para-hydroxylation sites is 1. The largest absolute Gasteiger partial charge is 0.354 e. The minimum Gasteiger partial charge on any atom is -0.354 e. The molecule has 0 bridgehead atoms. The number of aromatic amines is 1. The van der Waals surface area contributed by atoms with Crippen molar-refractivity contribution in [2.24, 2.45) is 0 Å². The first-order valence-corrected chi connectivity index (χ1v) is 16.8. The first-order chi connectivity index (χ1) is 23.3. The Balaban J connectivity index is 1.27. The van der Waals surface area contributed by atoms with Crippen LogP contribution in [-0.4, -0.2) is 4.98 Å². The standard InChI is InChI=1S/C44H28N2S/c1-3-11-30-23-33(20-17-28(30)9-1)46(34-21-18-29-10-2-4-12-31(29)24-34)35-26-39(44-40(27-35)36-13-5-7-15-41(36)45-44)32-19-22-38-37-14-6-8-16-42(37)47-43(38)25-32/h1-27,45H. The molecule has 0 radical (unpaired) electrons. The van der Waals surface area contributed by atoms with Crippen LogP contribution in [0.2, 0.25) is 0 Å². The summed E-state index contributed by atoms with van der Waals surface area (Å²) in [7, 11) is 0. The molecule has 47 heavy (non-hydrogen) atoms. The quantitative estimate of drug-likeness (QED) is 0.208. The third-order valence-electron chi connectivity index (χ3n) is 9.53. The number of hydrogen-bond acceptors (Lipinski definition) is 2. The maximum atomic E-state index is 3.80. The molecule has 8 aromatic carbocycles. The molecule has 10 rings (SSSR count). The van der Waals surface area contributed by atoms with Crippen molar-refractivity contribution >= 4 is 91.9 Å². The van der Waals surface area contributed by atoms with Gasteiger partial charge in [0.05, 0.1) is 5.52 Å². The Morgan fingerprint density at radius 3 is 1.77 bits per heavy atom. The maximum absolute atomic E-state index is 3.80. The molecule has 2 heterocycles. The molecular formula is C44H28N2S. The summed E-state index contributed by atoms with van der Waals surface area (Å²) in [5.41, 5.74) is 8.09. The highest BCUT2D eigenvalue weighted by Gasteiger charge is 2.19. The van der Waals surface area contributed by atoms with E-state index in [1.807, 2.05) is 11.3 Å². The fourth-order valence-corrected chi connectivity index (χ4v) is 8.41. The van der Waals surface area contributed by atoms with E-state index in [9.17, 15) is 0 Å². The molecule has 0 aliphatic rings. The van der Waals surface area contributed by atoms with Crippen LogP contribution in [0.25, 0.3) is 74.6 Å². The van der Waals surface area contributed by atoms with Gasteiger partial charge < -0.3 is 9.88 Å². The summed E-state index contributed by atoms with van der Waals surface area (Å²) in [6, 6.07) is 59.9. The normalized spacial score (nSPS) is 11.8. The molecule has 0 fully saturated rings.